The molecule has 39 heavy (non-hydrogen) atoms. The van der Waals surface area contributed by atoms with Gasteiger partial charge in [-0.05, 0) is 19.3 Å². The lowest BCUT2D eigenvalue weighted by Crippen LogP contribution is -2.46. The first-order valence-corrected chi connectivity index (χ1v) is 15.3. The molecule has 0 aliphatic rings. The summed E-state index contributed by atoms with van der Waals surface area (Å²) in [5.74, 6) is -7.55. The molecular weight excluding hydrogens is 519 g/mol. The highest BCUT2D eigenvalue weighted by Crippen LogP contribution is 2.37. The summed E-state index contributed by atoms with van der Waals surface area (Å²) in [5, 5.41) is 0. The van der Waals surface area contributed by atoms with Gasteiger partial charge in [0.05, 0.1) is 6.61 Å². The third-order valence-electron chi connectivity index (χ3n) is 7.52. The molecular formula is C30H53F5O4. The third-order valence-corrected chi connectivity index (χ3v) is 7.52. The lowest BCUT2D eigenvalue weighted by atomic mass is 9.82. The van der Waals surface area contributed by atoms with Gasteiger partial charge in [-0.25, -0.2) is 0 Å². The Morgan fingerprint density at radius 2 is 0.846 bits per heavy atom. The van der Waals surface area contributed by atoms with E-state index in [0.29, 0.717) is 6.42 Å². The van der Waals surface area contributed by atoms with E-state index in [4.69, 9.17) is 4.74 Å². The van der Waals surface area contributed by atoms with Gasteiger partial charge < -0.3 is 9.47 Å². The van der Waals surface area contributed by atoms with E-state index in [9.17, 15) is 31.5 Å². The second-order valence-corrected chi connectivity index (χ2v) is 10.7. The number of hydrogen-bond donors (Lipinski definition) is 0. The summed E-state index contributed by atoms with van der Waals surface area (Å²) in [4.78, 5) is 24.9. The fourth-order valence-corrected chi connectivity index (χ4v) is 4.59. The normalized spacial score (nSPS) is 12.5. The summed E-state index contributed by atoms with van der Waals surface area (Å²) >= 11 is 0. The van der Waals surface area contributed by atoms with Gasteiger partial charge in [-0.15, -0.1) is 0 Å². The Kier molecular flexibility index (Phi) is 20.6. The van der Waals surface area contributed by atoms with E-state index < -0.39 is 36.1 Å². The van der Waals surface area contributed by atoms with Gasteiger partial charge in [-0.3, -0.25) is 9.59 Å². The standard InChI is InChI=1S/C30H53F5O4/c1-4-7-8-9-10-11-12-13-14-15-16-17-18-19-20-21-22-23-24-38-26(36)28(5-2,6-3)27(37)39-25-29(31,32)30(33,34)35/h4-25H2,1-3H3. The summed E-state index contributed by atoms with van der Waals surface area (Å²) in [6, 6.07) is 0. The molecule has 0 amide bonds. The Morgan fingerprint density at radius 3 is 1.18 bits per heavy atom. The van der Waals surface area contributed by atoms with Gasteiger partial charge >= 0.3 is 24.0 Å². The minimum absolute atomic E-state index is 0.0608. The van der Waals surface area contributed by atoms with Gasteiger partial charge in [-0.1, -0.05) is 130 Å². The summed E-state index contributed by atoms with van der Waals surface area (Å²) in [6.07, 6.45) is 15.9. The molecule has 0 bridgehead atoms. The second kappa shape index (κ2) is 21.4. The molecule has 0 heterocycles. The molecule has 0 aliphatic carbocycles. The highest BCUT2D eigenvalue weighted by atomic mass is 19.4. The van der Waals surface area contributed by atoms with Crippen LogP contribution in [0.4, 0.5) is 22.0 Å². The van der Waals surface area contributed by atoms with E-state index in [1.54, 1.807) is 0 Å². The molecule has 0 unspecified atom stereocenters. The van der Waals surface area contributed by atoms with Crippen LogP contribution in [0.1, 0.15) is 149 Å². The van der Waals surface area contributed by atoms with Crippen LogP contribution in [0.15, 0.2) is 0 Å². The summed E-state index contributed by atoms with van der Waals surface area (Å²) < 4.78 is 72.7. The number of carbonyl (C=O) groups excluding carboxylic acids is 2. The van der Waals surface area contributed by atoms with Gasteiger partial charge in [0.15, 0.2) is 12.0 Å². The Hall–Kier alpha value is -1.41. The molecule has 0 fully saturated rings. The first-order chi connectivity index (χ1) is 18.5. The van der Waals surface area contributed by atoms with Crippen molar-refractivity contribution in [3.8, 4) is 0 Å². The van der Waals surface area contributed by atoms with Crippen molar-refractivity contribution in [3.05, 3.63) is 0 Å². The largest absolute Gasteiger partial charge is 0.465 e. The first kappa shape index (κ1) is 37.6. The topological polar surface area (TPSA) is 52.6 Å². The maximum Gasteiger partial charge on any atom is 0.456 e. The molecule has 232 valence electrons. The number of unbranched alkanes of at least 4 members (excludes halogenated alkanes) is 17. The van der Waals surface area contributed by atoms with Crippen LogP contribution in [-0.4, -0.2) is 37.3 Å². The van der Waals surface area contributed by atoms with E-state index in [1.165, 1.54) is 104 Å². The van der Waals surface area contributed by atoms with Crippen LogP contribution in [0.5, 0.6) is 0 Å². The predicted molar refractivity (Wildman–Crippen MR) is 145 cm³/mol. The highest BCUT2D eigenvalue weighted by Gasteiger charge is 2.59. The monoisotopic (exact) mass is 572 g/mol. The van der Waals surface area contributed by atoms with E-state index in [1.807, 2.05) is 0 Å². The van der Waals surface area contributed by atoms with Gasteiger partial charge in [-0.2, -0.15) is 22.0 Å². The minimum atomic E-state index is -5.85. The number of carbonyl (C=O) groups is 2. The van der Waals surface area contributed by atoms with Crippen molar-refractivity contribution < 1.29 is 41.0 Å². The average Bonchev–Trinajstić information content (AvgIpc) is 2.89. The van der Waals surface area contributed by atoms with Crippen LogP contribution in [0.2, 0.25) is 0 Å². The SMILES string of the molecule is CCCCCCCCCCCCCCCCCCCCOC(=O)C(CC)(CC)C(=O)OCC(F)(F)C(F)(F)F. The van der Waals surface area contributed by atoms with E-state index >= 15 is 0 Å². The molecule has 4 nitrogen and oxygen atoms in total. The van der Waals surface area contributed by atoms with Crippen molar-refractivity contribution >= 4 is 11.9 Å². The first-order valence-electron chi connectivity index (χ1n) is 15.3. The zero-order valence-corrected chi connectivity index (χ0v) is 24.6. The maximum absolute atomic E-state index is 13.1. The van der Waals surface area contributed by atoms with Gasteiger partial charge in [0.25, 0.3) is 0 Å². The van der Waals surface area contributed by atoms with Crippen molar-refractivity contribution in [2.75, 3.05) is 13.2 Å². The van der Waals surface area contributed by atoms with Gasteiger partial charge in [0, 0.05) is 0 Å². The second-order valence-electron chi connectivity index (χ2n) is 10.7. The molecule has 0 aromatic heterocycles. The summed E-state index contributed by atoms with van der Waals surface area (Å²) in [6.45, 7) is 3.07. The molecule has 9 heteroatoms. The van der Waals surface area contributed by atoms with Crippen molar-refractivity contribution in [2.45, 2.75) is 161 Å². The van der Waals surface area contributed by atoms with Crippen LogP contribution in [0, 0.1) is 5.41 Å². The maximum atomic E-state index is 13.1. The number of alkyl halides is 5. The Bertz CT molecular complexity index is 633. The molecule has 0 saturated carbocycles. The molecule has 0 saturated heterocycles. The van der Waals surface area contributed by atoms with Gasteiger partial charge in [0.2, 0.25) is 0 Å². The molecule has 0 aliphatic heterocycles. The van der Waals surface area contributed by atoms with E-state index in [-0.39, 0.29) is 19.4 Å². The predicted octanol–water partition coefficient (Wildman–Crippen LogP) is 10.1. The number of hydrogen-bond acceptors (Lipinski definition) is 4. The summed E-state index contributed by atoms with van der Waals surface area (Å²) in [5.41, 5.74) is -1.89. The van der Waals surface area contributed by atoms with Crippen LogP contribution in [-0.2, 0) is 19.1 Å². The molecule has 0 atom stereocenters. The molecule has 0 radical (unpaired) electrons. The smallest absolute Gasteiger partial charge is 0.456 e. The van der Waals surface area contributed by atoms with Crippen molar-refractivity contribution in [3.63, 3.8) is 0 Å². The highest BCUT2D eigenvalue weighted by molar-refractivity contribution is 6.00. The number of halogens is 5. The Morgan fingerprint density at radius 1 is 0.513 bits per heavy atom. The van der Waals surface area contributed by atoms with Crippen LogP contribution < -0.4 is 0 Å². The molecule has 0 spiro atoms. The zero-order chi connectivity index (χ0) is 29.6. The molecule has 0 N–H and O–H groups in total. The quantitative estimate of drug-likeness (QED) is 0.0473. The minimum Gasteiger partial charge on any atom is -0.465 e. The Balaban J connectivity index is 3.91. The number of ether oxygens (including phenoxy) is 2. The Labute approximate surface area is 233 Å². The van der Waals surface area contributed by atoms with E-state index in [0.717, 1.165) is 19.3 Å². The molecule has 0 aromatic carbocycles. The van der Waals surface area contributed by atoms with Crippen molar-refractivity contribution in [1.82, 2.24) is 0 Å². The van der Waals surface area contributed by atoms with Crippen molar-refractivity contribution in [1.29, 1.82) is 0 Å². The van der Waals surface area contributed by atoms with E-state index in [2.05, 4.69) is 11.7 Å². The third kappa shape index (κ3) is 15.8. The fraction of sp³-hybridized carbons (Fsp3) is 0.933. The fourth-order valence-electron chi connectivity index (χ4n) is 4.59. The lowest BCUT2D eigenvalue weighted by molar-refractivity contribution is -0.295. The number of rotatable bonds is 25. The average molecular weight is 573 g/mol. The summed E-state index contributed by atoms with van der Waals surface area (Å²) in [7, 11) is 0. The lowest BCUT2D eigenvalue weighted by Gasteiger charge is -2.28. The van der Waals surface area contributed by atoms with Crippen molar-refractivity contribution in [2.24, 2.45) is 5.41 Å². The van der Waals surface area contributed by atoms with Crippen LogP contribution in [0.25, 0.3) is 0 Å². The van der Waals surface area contributed by atoms with Crippen LogP contribution >= 0.6 is 0 Å². The van der Waals surface area contributed by atoms with Gasteiger partial charge in [0.1, 0.15) is 0 Å². The molecule has 0 aromatic rings. The number of esters is 2. The van der Waals surface area contributed by atoms with Crippen LogP contribution in [0.3, 0.4) is 0 Å². The molecule has 0 rings (SSSR count). The zero-order valence-electron chi connectivity index (χ0n) is 24.6.